The zero-order chi connectivity index (χ0) is 20.8. The number of hydrogen-bond donors (Lipinski definition) is 2. The molecule has 2 N–H and O–H groups in total. The predicted molar refractivity (Wildman–Crippen MR) is 111 cm³/mol. The molecule has 0 spiro atoms. The number of halogens is 2. The number of aliphatic hydroxyl groups is 1. The van der Waals surface area contributed by atoms with Crippen molar-refractivity contribution in [3.05, 3.63) is 97.5 Å². The predicted octanol–water partition coefficient (Wildman–Crippen LogP) is 4.99. The molecule has 1 aliphatic rings. The summed E-state index contributed by atoms with van der Waals surface area (Å²) in [6, 6.07) is 15.8. The van der Waals surface area contributed by atoms with E-state index in [1.54, 1.807) is 48.5 Å². The van der Waals surface area contributed by atoms with Gasteiger partial charge in [-0.25, -0.2) is 0 Å². The first-order valence-corrected chi connectivity index (χ1v) is 9.93. The lowest BCUT2D eigenvalue weighted by atomic mass is 9.94. The molecule has 0 saturated heterocycles. The number of nitro benzene ring substituents is 1. The van der Waals surface area contributed by atoms with E-state index in [1.165, 1.54) is 12.1 Å². The van der Waals surface area contributed by atoms with E-state index in [0.29, 0.717) is 31.0 Å². The van der Waals surface area contributed by atoms with E-state index in [9.17, 15) is 20.0 Å². The number of nitro groups is 1. The second kappa shape index (κ2) is 7.35. The third-order valence-corrected chi connectivity index (χ3v) is 6.34. The van der Waals surface area contributed by atoms with E-state index in [2.05, 4.69) is 5.32 Å². The zero-order valence-electron chi connectivity index (χ0n) is 14.6. The van der Waals surface area contributed by atoms with Gasteiger partial charge < -0.3 is 10.4 Å². The SMILES string of the molecule is O=C1NC(O)(c2ccc(Sc3ccc(Cl)cc3Cl)c([N+](=O)[O-])c2)c2ccccc21. The van der Waals surface area contributed by atoms with E-state index < -0.39 is 16.6 Å². The van der Waals surface area contributed by atoms with Gasteiger partial charge in [-0.1, -0.05) is 59.2 Å². The minimum Gasteiger partial charge on any atom is -0.363 e. The Balaban J connectivity index is 1.78. The minimum absolute atomic E-state index is 0.189. The fourth-order valence-corrected chi connectivity index (χ4v) is 4.60. The van der Waals surface area contributed by atoms with E-state index >= 15 is 0 Å². The van der Waals surface area contributed by atoms with Crippen molar-refractivity contribution in [3.8, 4) is 0 Å². The van der Waals surface area contributed by atoms with Crippen LogP contribution in [0.1, 0.15) is 21.5 Å². The highest BCUT2D eigenvalue weighted by molar-refractivity contribution is 7.99. The summed E-state index contributed by atoms with van der Waals surface area (Å²) in [5.74, 6) is -0.447. The Hall–Kier alpha value is -2.58. The number of nitrogens with one attached hydrogen (secondary N) is 1. The van der Waals surface area contributed by atoms with Crippen LogP contribution in [-0.4, -0.2) is 15.9 Å². The Morgan fingerprint density at radius 2 is 1.76 bits per heavy atom. The van der Waals surface area contributed by atoms with Crippen LogP contribution in [0.2, 0.25) is 10.0 Å². The molecule has 3 aromatic rings. The van der Waals surface area contributed by atoms with Crippen LogP contribution in [0.15, 0.2) is 70.5 Å². The van der Waals surface area contributed by atoms with Crippen LogP contribution in [0.5, 0.6) is 0 Å². The highest BCUT2D eigenvalue weighted by Gasteiger charge is 2.43. The summed E-state index contributed by atoms with van der Waals surface area (Å²) >= 11 is 13.2. The van der Waals surface area contributed by atoms with Crippen LogP contribution in [0, 0.1) is 10.1 Å². The van der Waals surface area contributed by atoms with Gasteiger partial charge in [0, 0.05) is 32.7 Å². The van der Waals surface area contributed by atoms with Gasteiger partial charge in [0.15, 0.2) is 5.72 Å². The van der Waals surface area contributed by atoms with E-state index in [1.807, 2.05) is 0 Å². The third kappa shape index (κ3) is 3.47. The monoisotopic (exact) mass is 446 g/mol. The molecule has 0 aliphatic carbocycles. The molecule has 1 unspecified atom stereocenters. The fourth-order valence-electron chi connectivity index (χ4n) is 3.17. The average Bonchev–Trinajstić information content (AvgIpc) is 2.96. The summed E-state index contributed by atoms with van der Waals surface area (Å²) in [5.41, 5.74) is -1.20. The van der Waals surface area contributed by atoms with Crippen molar-refractivity contribution in [2.45, 2.75) is 15.5 Å². The first kappa shape index (κ1) is 19.7. The standard InChI is InChI=1S/C20H12Cl2N2O4S/c21-12-6-8-17(15(22)10-12)29-18-7-5-11(9-16(18)24(27)28)20(26)14-4-2-1-3-13(14)19(25)23-20/h1-10,26H,(H,23,25). The van der Waals surface area contributed by atoms with Crippen LogP contribution >= 0.6 is 35.0 Å². The molecule has 3 aromatic carbocycles. The number of rotatable bonds is 4. The molecule has 146 valence electrons. The van der Waals surface area contributed by atoms with Gasteiger partial charge >= 0.3 is 0 Å². The van der Waals surface area contributed by atoms with Crippen LogP contribution in [0.4, 0.5) is 5.69 Å². The number of amides is 1. The number of carbonyl (C=O) groups is 1. The average molecular weight is 447 g/mol. The maximum absolute atomic E-state index is 12.2. The van der Waals surface area contributed by atoms with Gasteiger partial charge in [0.05, 0.1) is 14.8 Å². The molecule has 1 atom stereocenters. The molecule has 1 aliphatic heterocycles. The highest BCUT2D eigenvalue weighted by Crippen LogP contribution is 2.42. The largest absolute Gasteiger partial charge is 0.363 e. The van der Waals surface area contributed by atoms with Crippen LogP contribution in [0.25, 0.3) is 0 Å². The Labute approximate surface area is 179 Å². The molecule has 0 aromatic heterocycles. The molecule has 0 radical (unpaired) electrons. The van der Waals surface area contributed by atoms with Crippen LogP contribution in [-0.2, 0) is 5.72 Å². The molecule has 4 rings (SSSR count). The molecule has 0 saturated carbocycles. The van der Waals surface area contributed by atoms with Gasteiger partial charge in [0.2, 0.25) is 0 Å². The smallest absolute Gasteiger partial charge is 0.283 e. The van der Waals surface area contributed by atoms with Crippen molar-refractivity contribution in [2.75, 3.05) is 0 Å². The van der Waals surface area contributed by atoms with Crippen LogP contribution < -0.4 is 5.32 Å². The van der Waals surface area contributed by atoms with Crippen molar-refractivity contribution in [3.63, 3.8) is 0 Å². The normalized spacial score (nSPS) is 17.7. The molecule has 29 heavy (non-hydrogen) atoms. The molecule has 9 heteroatoms. The second-order valence-corrected chi connectivity index (χ2v) is 8.25. The van der Waals surface area contributed by atoms with E-state index in [-0.39, 0.29) is 11.3 Å². The molecule has 6 nitrogen and oxygen atoms in total. The quantitative estimate of drug-likeness (QED) is 0.434. The Morgan fingerprint density at radius 1 is 1.03 bits per heavy atom. The molecule has 1 heterocycles. The van der Waals surface area contributed by atoms with Crippen molar-refractivity contribution in [1.82, 2.24) is 5.32 Å². The van der Waals surface area contributed by atoms with Crippen LogP contribution in [0.3, 0.4) is 0 Å². The number of fused-ring (bicyclic) bond motifs is 1. The molecular weight excluding hydrogens is 435 g/mol. The van der Waals surface area contributed by atoms with Crippen molar-refractivity contribution in [1.29, 1.82) is 0 Å². The zero-order valence-corrected chi connectivity index (χ0v) is 16.9. The first-order valence-electron chi connectivity index (χ1n) is 8.36. The van der Waals surface area contributed by atoms with Gasteiger partial charge in [0.25, 0.3) is 11.6 Å². The molecular formula is C20H12Cl2N2O4S. The molecule has 0 fully saturated rings. The van der Waals surface area contributed by atoms with E-state index in [0.717, 1.165) is 11.8 Å². The fraction of sp³-hybridized carbons (Fsp3) is 0.0500. The number of benzene rings is 3. The maximum Gasteiger partial charge on any atom is 0.283 e. The highest BCUT2D eigenvalue weighted by atomic mass is 35.5. The Kier molecular flexibility index (Phi) is 5.00. The third-order valence-electron chi connectivity index (χ3n) is 4.54. The van der Waals surface area contributed by atoms with Crippen molar-refractivity contribution < 1.29 is 14.8 Å². The number of carbonyl (C=O) groups excluding carboxylic acids is 1. The van der Waals surface area contributed by atoms with Gasteiger partial charge in [-0.15, -0.1) is 0 Å². The van der Waals surface area contributed by atoms with Gasteiger partial charge in [-0.2, -0.15) is 0 Å². The van der Waals surface area contributed by atoms with Gasteiger partial charge in [0.1, 0.15) is 0 Å². The van der Waals surface area contributed by atoms with Crippen molar-refractivity contribution in [2.24, 2.45) is 0 Å². The summed E-state index contributed by atoms with van der Waals surface area (Å²) in [5, 5.41) is 26.2. The maximum atomic E-state index is 12.2. The van der Waals surface area contributed by atoms with E-state index in [4.69, 9.17) is 23.2 Å². The Bertz CT molecular complexity index is 1170. The summed E-state index contributed by atoms with van der Waals surface area (Å²) in [7, 11) is 0. The lowest BCUT2D eigenvalue weighted by Crippen LogP contribution is -2.40. The number of nitrogens with zero attached hydrogens (tertiary/aromatic N) is 1. The van der Waals surface area contributed by atoms with Gasteiger partial charge in [-0.3, -0.25) is 14.9 Å². The summed E-state index contributed by atoms with van der Waals surface area (Å²) < 4.78 is 0. The summed E-state index contributed by atoms with van der Waals surface area (Å²) in [4.78, 5) is 24.3. The minimum atomic E-state index is -1.85. The lowest BCUT2D eigenvalue weighted by molar-refractivity contribution is -0.387. The topological polar surface area (TPSA) is 92.5 Å². The summed E-state index contributed by atoms with van der Waals surface area (Å²) in [6.07, 6.45) is 0. The molecule has 1 amide bonds. The van der Waals surface area contributed by atoms with Gasteiger partial charge in [-0.05, 0) is 30.3 Å². The summed E-state index contributed by atoms with van der Waals surface area (Å²) in [6.45, 7) is 0. The first-order chi connectivity index (χ1) is 13.8. The lowest BCUT2D eigenvalue weighted by Gasteiger charge is -2.24. The van der Waals surface area contributed by atoms with Crippen molar-refractivity contribution >= 4 is 46.6 Å². The second-order valence-electron chi connectivity index (χ2n) is 6.33. The Morgan fingerprint density at radius 3 is 2.48 bits per heavy atom. The number of hydrogen-bond acceptors (Lipinski definition) is 5. The molecule has 0 bridgehead atoms.